The Morgan fingerprint density at radius 1 is 1.44 bits per heavy atom. The number of hydrogen-bond acceptors (Lipinski definition) is 4. The largest absolute Gasteiger partial charge is 0.466 e. The smallest absolute Gasteiger partial charge is 0.306 e. The predicted octanol–water partition coefficient (Wildman–Crippen LogP) is 2.10. The Hall–Kier alpha value is -1.91. The van der Waals surface area contributed by atoms with Gasteiger partial charge in [0.25, 0.3) is 0 Å². The molecule has 18 heavy (non-hydrogen) atoms. The zero-order chi connectivity index (χ0) is 13.5. The van der Waals surface area contributed by atoms with Crippen LogP contribution in [-0.2, 0) is 14.3 Å². The summed E-state index contributed by atoms with van der Waals surface area (Å²) >= 11 is 0. The number of rotatable bonds is 5. The highest BCUT2D eigenvalue weighted by molar-refractivity contribution is 5.87. The molecule has 0 radical (unpaired) electrons. The maximum absolute atomic E-state index is 11.3. The third-order valence-electron chi connectivity index (χ3n) is 2.44. The van der Waals surface area contributed by atoms with Crippen LogP contribution in [0.2, 0.25) is 0 Å². The summed E-state index contributed by atoms with van der Waals surface area (Å²) in [4.78, 5) is 26.3. The van der Waals surface area contributed by atoms with Crippen molar-refractivity contribution in [1.82, 2.24) is 4.98 Å². The van der Waals surface area contributed by atoms with Crippen molar-refractivity contribution in [3.8, 4) is 0 Å². The van der Waals surface area contributed by atoms with Crippen molar-refractivity contribution in [3.63, 3.8) is 0 Å². The lowest BCUT2D eigenvalue weighted by molar-refractivity contribution is -0.143. The van der Waals surface area contributed by atoms with Gasteiger partial charge >= 0.3 is 5.97 Å². The molecule has 0 aliphatic carbocycles. The highest BCUT2D eigenvalue weighted by atomic mass is 16.5. The van der Waals surface area contributed by atoms with E-state index >= 15 is 0 Å². The maximum Gasteiger partial charge on any atom is 0.306 e. The molecule has 0 saturated carbocycles. The number of hydrogen-bond donors (Lipinski definition) is 1. The monoisotopic (exact) mass is 250 g/mol. The minimum atomic E-state index is -0.212. The molecule has 1 atom stereocenters. The van der Waals surface area contributed by atoms with Crippen LogP contribution in [-0.4, -0.2) is 23.5 Å². The highest BCUT2D eigenvalue weighted by Gasteiger charge is 2.12. The molecule has 98 valence electrons. The number of pyridine rings is 1. The molecular formula is C13H18N2O3. The van der Waals surface area contributed by atoms with Gasteiger partial charge < -0.3 is 10.1 Å². The van der Waals surface area contributed by atoms with Crippen LogP contribution >= 0.6 is 0 Å². The topological polar surface area (TPSA) is 68.3 Å². The van der Waals surface area contributed by atoms with Gasteiger partial charge in [0.1, 0.15) is 5.82 Å². The van der Waals surface area contributed by atoms with Crippen LogP contribution in [0.1, 0.15) is 38.7 Å². The van der Waals surface area contributed by atoms with Crippen LogP contribution in [0.15, 0.2) is 18.3 Å². The normalized spacial score (nSPS) is 11.7. The molecule has 0 fully saturated rings. The van der Waals surface area contributed by atoms with Crippen molar-refractivity contribution < 1.29 is 14.3 Å². The third kappa shape index (κ3) is 4.53. The second-order valence-corrected chi connectivity index (χ2v) is 4.07. The second kappa shape index (κ2) is 6.74. The Labute approximate surface area is 107 Å². The number of nitrogens with zero attached hydrogens (tertiary/aromatic N) is 1. The molecule has 1 amide bonds. The molecule has 0 aromatic carbocycles. The quantitative estimate of drug-likeness (QED) is 0.812. The molecule has 1 aromatic heterocycles. The van der Waals surface area contributed by atoms with Gasteiger partial charge in [0.2, 0.25) is 5.91 Å². The van der Waals surface area contributed by atoms with Crippen molar-refractivity contribution in [2.24, 2.45) is 0 Å². The molecule has 1 aromatic rings. The van der Waals surface area contributed by atoms with E-state index in [-0.39, 0.29) is 17.8 Å². The van der Waals surface area contributed by atoms with E-state index in [4.69, 9.17) is 4.74 Å². The highest BCUT2D eigenvalue weighted by Crippen LogP contribution is 2.19. The van der Waals surface area contributed by atoms with Gasteiger partial charge in [0.15, 0.2) is 0 Å². The summed E-state index contributed by atoms with van der Waals surface area (Å²) in [6.07, 6.45) is 1.99. The third-order valence-corrected chi connectivity index (χ3v) is 2.44. The fraction of sp³-hybridized carbons (Fsp3) is 0.462. The van der Waals surface area contributed by atoms with Crippen molar-refractivity contribution in [2.75, 3.05) is 11.9 Å². The number of anilines is 1. The molecule has 5 heteroatoms. The van der Waals surface area contributed by atoms with Crippen LogP contribution in [0.3, 0.4) is 0 Å². The van der Waals surface area contributed by atoms with E-state index < -0.39 is 0 Å². The van der Waals surface area contributed by atoms with E-state index in [0.717, 1.165) is 5.56 Å². The predicted molar refractivity (Wildman–Crippen MR) is 68.2 cm³/mol. The van der Waals surface area contributed by atoms with E-state index in [0.29, 0.717) is 18.8 Å². The van der Waals surface area contributed by atoms with Crippen molar-refractivity contribution in [1.29, 1.82) is 0 Å². The zero-order valence-corrected chi connectivity index (χ0v) is 10.9. The summed E-state index contributed by atoms with van der Waals surface area (Å²) < 4.78 is 4.89. The fourth-order valence-electron chi connectivity index (χ4n) is 1.54. The standard InChI is InChI=1S/C13H18N2O3/c1-4-18-13(17)7-9(2)11-5-6-12(14-8-11)15-10(3)16/h5-6,8-9H,4,7H2,1-3H3,(H,14,15,16). The number of nitrogens with one attached hydrogen (secondary N) is 1. The molecule has 1 heterocycles. The first-order valence-corrected chi connectivity index (χ1v) is 5.92. The molecule has 0 spiro atoms. The van der Waals surface area contributed by atoms with E-state index in [9.17, 15) is 9.59 Å². The Balaban J connectivity index is 2.61. The number of amides is 1. The van der Waals surface area contributed by atoms with Crippen LogP contribution in [0.25, 0.3) is 0 Å². The number of esters is 1. The Morgan fingerprint density at radius 3 is 2.67 bits per heavy atom. The number of aromatic nitrogens is 1. The first-order chi connectivity index (χ1) is 8.52. The van der Waals surface area contributed by atoms with Gasteiger partial charge in [0.05, 0.1) is 13.0 Å². The van der Waals surface area contributed by atoms with E-state index in [1.54, 1.807) is 19.2 Å². The minimum absolute atomic E-state index is 0.0444. The minimum Gasteiger partial charge on any atom is -0.466 e. The lowest BCUT2D eigenvalue weighted by atomic mass is 10.00. The average molecular weight is 250 g/mol. The second-order valence-electron chi connectivity index (χ2n) is 4.07. The van der Waals surface area contributed by atoms with Gasteiger partial charge in [-0.05, 0) is 24.5 Å². The van der Waals surface area contributed by atoms with Gasteiger partial charge in [-0.1, -0.05) is 13.0 Å². The molecule has 1 N–H and O–H groups in total. The lowest BCUT2D eigenvalue weighted by Gasteiger charge is -2.11. The molecule has 5 nitrogen and oxygen atoms in total. The van der Waals surface area contributed by atoms with E-state index in [2.05, 4.69) is 10.3 Å². The SMILES string of the molecule is CCOC(=O)CC(C)c1ccc(NC(C)=O)nc1. The van der Waals surface area contributed by atoms with Crippen LogP contribution < -0.4 is 5.32 Å². The zero-order valence-electron chi connectivity index (χ0n) is 10.9. The number of ether oxygens (including phenoxy) is 1. The molecule has 0 aliphatic rings. The number of carbonyl (C=O) groups excluding carboxylic acids is 2. The molecule has 0 aliphatic heterocycles. The van der Waals surface area contributed by atoms with E-state index in [1.165, 1.54) is 6.92 Å². The van der Waals surface area contributed by atoms with Crippen LogP contribution in [0.4, 0.5) is 5.82 Å². The molecule has 1 unspecified atom stereocenters. The maximum atomic E-state index is 11.3. The summed E-state index contributed by atoms with van der Waals surface area (Å²) in [7, 11) is 0. The van der Waals surface area contributed by atoms with Gasteiger partial charge in [-0.25, -0.2) is 4.98 Å². The summed E-state index contributed by atoms with van der Waals surface area (Å²) in [6.45, 7) is 5.54. The fourth-order valence-corrected chi connectivity index (χ4v) is 1.54. The molecule has 0 saturated heterocycles. The van der Waals surface area contributed by atoms with Crippen LogP contribution in [0, 0.1) is 0 Å². The molecule has 1 rings (SSSR count). The Morgan fingerprint density at radius 2 is 2.17 bits per heavy atom. The van der Waals surface area contributed by atoms with Gasteiger partial charge in [-0.2, -0.15) is 0 Å². The van der Waals surface area contributed by atoms with E-state index in [1.807, 2.05) is 13.0 Å². The average Bonchev–Trinajstić information content (AvgIpc) is 2.29. The first kappa shape index (κ1) is 14.2. The summed E-state index contributed by atoms with van der Waals surface area (Å²) in [5.41, 5.74) is 0.942. The lowest BCUT2D eigenvalue weighted by Crippen LogP contribution is -2.10. The summed E-state index contributed by atoms with van der Waals surface area (Å²) in [5.74, 6) is 0.184. The number of carbonyl (C=O) groups is 2. The molecular weight excluding hydrogens is 232 g/mol. The Kier molecular flexibility index (Phi) is 5.30. The van der Waals surface area contributed by atoms with Gasteiger partial charge in [-0.15, -0.1) is 0 Å². The summed E-state index contributed by atoms with van der Waals surface area (Å²) in [6, 6.07) is 3.57. The van der Waals surface area contributed by atoms with Crippen molar-refractivity contribution in [2.45, 2.75) is 33.1 Å². The Bertz CT molecular complexity index is 415. The van der Waals surface area contributed by atoms with Gasteiger partial charge in [0, 0.05) is 13.1 Å². The van der Waals surface area contributed by atoms with Crippen molar-refractivity contribution in [3.05, 3.63) is 23.9 Å². The van der Waals surface area contributed by atoms with Gasteiger partial charge in [-0.3, -0.25) is 9.59 Å². The first-order valence-electron chi connectivity index (χ1n) is 5.92. The van der Waals surface area contributed by atoms with Crippen molar-refractivity contribution >= 4 is 17.7 Å². The van der Waals surface area contributed by atoms with Crippen LogP contribution in [0.5, 0.6) is 0 Å². The summed E-state index contributed by atoms with van der Waals surface area (Å²) in [5, 5.41) is 2.59. The molecule has 0 bridgehead atoms.